The van der Waals surface area contributed by atoms with Gasteiger partial charge in [0.2, 0.25) is 5.91 Å². The topological polar surface area (TPSA) is 32.3 Å². The molecule has 0 unspecified atom stereocenters. The lowest BCUT2D eigenvalue weighted by Gasteiger charge is -2.39. The van der Waals surface area contributed by atoms with Gasteiger partial charge in [0.05, 0.1) is 5.41 Å². The predicted octanol–water partition coefficient (Wildman–Crippen LogP) is 1.94. The number of carbonyl (C=O) groups excluding carboxylic acids is 1. The molecule has 17 heavy (non-hydrogen) atoms. The smallest absolute Gasteiger partial charge is 0.229 e. The molecule has 0 radical (unpaired) electrons. The van der Waals surface area contributed by atoms with Crippen LogP contribution < -0.4 is 5.32 Å². The second kappa shape index (κ2) is 5.21. The first-order valence-corrected chi connectivity index (χ1v) is 6.86. The second-order valence-electron chi connectivity index (χ2n) is 5.36. The van der Waals surface area contributed by atoms with E-state index in [1.165, 1.54) is 12.8 Å². The van der Waals surface area contributed by atoms with Crippen LogP contribution in [0.4, 0.5) is 0 Å². The second-order valence-corrected chi connectivity index (χ2v) is 5.36. The molecular formula is C14H24N2O. The molecule has 0 aromatic rings. The van der Waals surface area contributed by atoms with E-state index in [4.69, 9.17) is 0 Å². The first kappa shape index (κ1) is 12.6. The summed E-state index contributed by atoms with van der Waals surface area (Å²) in [6.07, 6.45) is 7.16. The number of nitrogens with one attached hydrogen (secondary N) is 1. The maximum absolute atomic E-state index is 12.8. The molecule has 1 amide bonds. The van der Waals surface area contributed by atoms with Crippen LogP contribution in [0, 0.1) is 5.41 Å². The van der Waals surface area contributed by atoms with Crippen LogP contribution in [-0.2, 0) is 4.79 Å². The van der Waals surface area contributed by atoms with E-state index in [2.05, 4.69) is 23.7 Å². The molecule has 0 atom stereocenters. The van der Waals surface area contributed by atoms with E-state index in [0.717, 1.165) is 38.9 Å². The fourth-order valence-electron chi connectivity index (χ4n) is 2.85. The van der Waals surface area contributed by atoms with Crippen molar-refractivity contribution in [3.63, 3.8) is 0 Å². The molecule has 0 aromatic carbocycles. The van der Waals surface area contributed by atoms with Crippen molar-refractivity contribution in [2.75, 3.05) is 19.6 Å². The van der Waals surface area contributed by atoms with Crippen LogP contribution in [0.1, 0.15) is 39.0 Å². The van der Waals surface area contributed by atoms with Crippen LogP contribution in [0.25, 0.3) is 0 Å². The average Bonchev–Trinajstić information content (AvgIpc) is 3.20. The normalized spacial score (nSPS) is 23.1. The largest absolute Gasteiger partial charge is 0.336 e. The van der Waals surface area contributed by atoms with Crippen molar-refractivity contribution in [2.24, 2.45) is 5.41 Å². The lowest BCUT2D eigenvalue weighted by atomic mass is 9.75. The highest BCUT2D eigenvalue weighted by Gasteiger charge is 2.44. The number of piperidine rings is 1. The number of hydrogen-bond donors (Lipinski definition) is 1. The van der Waals surface area contributed by atoms with E-state index in [0.29, 0.717) is 11.9 Å². The lowest BCUT2D eigenvalue weighted by molar-refractivity contribution is -0.144. The van der Waals surface area contributed by atoms with E-state index in [1.54, 1.807) is 0 Å². The minimum Gasteiger partial charge on any atom is -0.336 e. The fourth-order valence-corrected chi connectivity index (χ4v) is 2.85. The molecule has 0 bridgehead atoms. The molecule has 2 rings (SSSR count). The molecule has 1 aliphatic heterocycles. The van der Waals surface area contributed by atoms with Gasteiger partial charge in [-0.1, -0.05) is 13.0 Å². The summed E-state index contributed by atoms with van der Waals surface area (Å²) in [4.78, 5) is 14.8. The Bertz CT molecular complexity index is 291. The summed E-state index contributed by atoms with van der Waals surface area (Å²) in [5.74, 6) is 0.379. The van der Waals surface area contributed by atoms with Gasteiger partial charge in [0, 0.05) is 12.6 Å². The fraction of sp³-hybridized carbons (Fsp3) is 0.786. The van der Waals surface area contributed by atoms with Crippen molar-refractivity contribution in [1.82, 2.24) is 10.2 Å². The molecule has 1 aliphatic carbocycles. The first-order valence-electron chi connectivity index (χ1n) is 6.86. The summed E-state index contributed by atoms with van der Waals surface area (Å²) in [5, 5.41) is 3.35. The highest BCUT2D eigenvalue weighted by molar-refractivity contribution is 5.83. The standard InChI is InChI=1S/C14H24N2O/c1-3-11-16(12-5-6-12)13(17)14(4-2)7-9-15-10-8-14/h3,12,15H,1,4-11H2,2H3. The Balaban J connectivity index is 2.10. The van der Waals surface area contributed by atoms with Crippen molar-refractivity contribution in [3.8, 4) is 0 Å². The molecule has 1 saturated heterocycles. The maximum Gasteiger partial charge on any atom is 0.229 e. The van der Waals surface area contributed by atoms with Gasteiger partial charge in [0.15, 0.2) is 0 Å². The summed E-state index contributed by atoms with van der Waals surface area (Å²) >= 11 is 0. The molecule has 0 aromatic heterocycles. The van der Waals surface area contributed by atoms with Gasteiger partial charge < -0.3 is 10.2 Å². The zero-order valence-electron chi connectivity index (χ0n) is 10.9. The Morgan fingerprint density at radius 1 is 1.47 bits per heavy atom. The highest BCUT2D eigenvalue weighted by atomic mass is 16.2. The monoisotopic (exact) mass is 236 g/mol. The SMILES string of the molecule is C=CCN(C(=O)C1(CC)CCNCC1)C1CC1. The Morgan fingerprint density at radius 2 is 2.12 bits per heavy atom. The van der Waals surface area contributed by atoms with Crippen molar-refractivity contribution in [2.45, 2.75) is 45.1 Å². The Hall–Kier alpha value is -0.830. The van der Waals surface area contributed by atoms with Crippen molar-refractivity contribution < 1.29 is 4.79 Å². The molecule has 1 saturated carbocycles. The quantitative estimate of drug-likeness (QED) is 0.740. The van der Waals surface area contributed by atoms with E-state index < -0.39 is 0 Å². The molecule has 0 spiro atoms. The third-order valence-corrected chi connectivity index (χ3v) is 4.27. The number of amides is 1. The van der Waals surface area contributed by atoms with Gasteiger partial charge in [-0.25, -0.2) is 0 Å². The third-order valence-electron chi connectivity index (χ3n) is 4.27. The third kappa shape index (κ3) is 2.54. The lowest BCUT2D eigenvalue weighted by Crippen LogP contribution is -2.49. The van der Waals surface area contributed by atoms with Gasteiger partial charge in [-0.2, -0.15) is 0 Å². The molecule has 96 valence electrons. The van der Waals surface area contributed by atoms with Crippen LogP contribution in [-0.4, -0.2) is 36.5 Å². The van der Waals surface area contributed by atoms with Crippen molar-refractivity contribution in [1.29, 1.82) is 0 Å². The van der Waals surface area contributed by atoms with Gasteiger partial charge in [-0.05, 0) is 45.2 Å². The van der Waals surface area contributed by atoms with E-state index >= 15 is 0 Å². The zero-order chi connectivity index (χ0) is 12.3. The number of nitrogens with zero attached hydrogens (tertiary/aromatic N) is 1. The zero-order valence-corrected chi connectivity index (χ0v) is 10.9. The van der Waals surface area contributed by atoms with Gasteiger partial charge in [0.25, 0.3) is 0 Å². The predicted molar refractivity (Wildman–Crippen MR) is 69.8 cm³/mol. The van der Waals surface area contributed by atoms with E-state index in [-0.39, 0.29) is 5.41 Å². The summed E-state index contributed by atoms with van der Waals surface area (Å²) in [6.45, 7) is 8.61. The van der Waals surface area contributed by atoms with Crippen LogP contribution in [0.5, 0.6) is 0 Å². The van der Waals surface area contributed by atoms with E-state index in [9.17, 15) is 4.79 Å². The van der Waals surface area contributed by atoms with Crippen LogP contribution >= 0.6 is 0 Å². The van der Waals surface area contributed by atoms with Gasteiger partial charge in [0.1, 0.15) is 0 Å². The first-order chi connectivity index (χ1) is 8.23. The number of rotatable bonds is 5. The summed E-state index contributed by atoms with van der Waals surface area (Å²) in [6, 6.07) is 0.499. The van der Waals surface area contributed by atoms with Gasteiger partial charge >= 0.3 is 0 Å². The Morgan fingerprint density at radius 3 is 2.59 bits per heavy atom. The molecule has 3 nitrogen and oxygen atoms in total. The molecule has 1 heterocycles. The molecule has 2 aliphatic rings. The molecule has 3 heteroatoms. The minimum atomic E-state index is -0.100. The Labute approximate surface area is 104 Å². The Kier molecular flexibility index (Phi) is 3.87. The van der Waals surface area contributed by atoms with E-state index in [1.807, 2.05) is 6.08 Å². The van der Waals surface area contributed by atoms with Crippen LogP contribution in [0.3, 0.4) is 0 Å². The number of hydrogen-bond acceptors (Lipinski definition) is 2. The summed E-state index contributed by atoms with van der Waals surface area (Å²) in [5.41, 5.74) is -0.100. The van der Waals surface area contributed by atoms with Gasteiger partial charge in [-0.15, -0.1) is 6.58 Å². The maximum atomic E-state index is 12.8. The van der Waals surface area contributed by atoms with Gasteiger partial charge in [-0.3, -0.25) is 4.79 Å². The molecular weight excluding hydrogens is 212 g/mol. The summed E-state index contributed by atoms with van der Waals surface area (Å²) < 4.78 is 0. The van der Waals surface area contributed by atoms with Crippen LogP contribution in [0.15, 0.2) is 12.7 Å². The summed E-state index contributed by atoms with van der Waals surface area (Å²) in [7, 11) is 0. The minimum absolute atomic E-state index is 0.100. The molecule has 1 N–H and O–H groups in total. The number of carbonyl (C=O) groups is 1. The van der Waals surface area contributed by atoms with Crippen LogP contribution in [0.2, 0.25) is 0 Å². The van der Waals surface area contributed by atoms with Crippen molar-refractivity contribution >= 4 is 5.91 Å². The molecule has 2 fully saturated rings. The highest BCUT2D eigenvalue weighted by Crippen LogP contribution is 2.38. The van der Waals surface area contributed by atoms with Crippen molar-refractivity contribution in [3.05, 3.63) is 12.7 Å². The average molecular weight is 236 g/mol.